The number of ether oxygens (including phenoxy) is 2. The van der Waals surface area contributed by atoms with E-state index in [1.54, 1.807) is 0 Å². The van der Waals surface area contributed by atoms with Gasteiger partial charge in [-0.1, -0.05) is 0 Å². The molecule has 0 radical (unpaired) electrons. The molecule has 0 amide bonds. The SMILES string of the molecule is CNc1nnc(-c2cc3c(cc2C)OCO3)cc1C. The molecule has 19 heavy (non-hydrogen) atoms. The van der Waals surface area contributed by atoms with Gasteiger partial charge in [0.1, 0.15) is 0 Å². The molecule has 0 atom stereocenters. The summed E-state index contributed by atoms with van der Waals surface area (Å²) in [7, 11) is 1.84. The van der Waals surface area contributed by atoms with Crippen LogP contribution in [0.3, 0.4) is 0 Å². The van der Waals surface area contributed by atoms with E-state index in [4.69, 9.17) is 9.47 Å². The quantitative estimate of drug-likeness (QED) is 0.896. The largest absolute Gasteiger partial charge is 0.454 e. The molecule has 1 N–H and O–H groups in total. The van der Waals surface area contributed by atoms with E-state index in [1.807, 2.05) is 39.1 Å². The Labute approximate surface area is 111 Å². The number of benzene rings is 1. The molecule has 98 valence electrons. The topological polar surface area (TPSA) is 56.3 Å². The van der Waals surface area contributed by atoms with Crippen molar-refractivity contribution in [1.82, 2.24) is 10.2 Å². The highest BCUT2D eigenvalue weighted by Crippen LogP contribution is 2.38. The van der Waals surface area contributed by atoms with Crippen LogP contribution in [0.4, 0.5) is 5.82 Å². The lowest BCUT2D eigenvalue weighted by Crippen LogP contribution is -1.99. The zero-order valence-electron chi connectivity index (χ0n) is 11.2. The number of anilines is 1. The average molecular weight is 257 g/mol. The van der Waals surface area contributed by atoms with E-state index in [9.17, 15) is 0 Å². The standard InChI is InChI=1S/C14H15N3O2/c1-8-5-12-13(19-7-18-12)6-10(8)11-4-9(2)14(15-3)17-16-11/h4-6H,7H2,1-3H3,(H,15,17). The maximum Gasteiger partial charge on any atom is 0.231 e. The second-order valence-electron chi connectivity index (χ2n) is 4.53. The Morgan fingerprint density at radius 3 is 2.42 bits per heavy atom. The van der Waals surface area contributed by atoms with Crippen molar-refractivity contribution < 1.29 is 9.47 Å². The fourth-order valence-corrected chi connectivity index (χ4v) is 2.18. The maximum absolute atomic E-state index is 5.41. The van der Waals surface area contributed by atoms with Crippen molar-refractivity contribution >= 4 is 5.82 Å². The smallest absolute Gasteiger partial charge is 0.231 e. The van der Waals surface area contributed by atoms with Crippen LogP contribution < -0.4 is 14.8 Å². The fourth-order valence-electron chi connectivity index (χ4n) is 2.18. The third-order valence-corrected chi connectivity index (χ3v) is 3.22. The number of aromatic nitrogens is 2. The van der Waals surface area contributed by atoms with Gasteiger partial charge in [0.05, 0.1) is 5.69 Å². The number of rotatable bonds is 2. The summed E-state index contributed by atoms with van der Waals surface area (Å²) < 4.78 is 10.8. The van der Waals surface area contributed by atoms with Gasteiger partial charge in [0.25, 0.3) is 0 Å². The molecule has 1 aliphatic rings. The van der Waals surface area contributed by atoms with E-state index in [0.29, 0.717) is 0 Å². The number of aryl methyl sites for hydroxylation is 2. The molecule has 1 aromatic carbocycles. The van der Waals surface area contributed by atoms with Crippen LogP contribution in [-0.2, 0) is 0 Å². The molecule has 0 bridgehead atoms. The van der Waals surface area contributed by atoms with Crippen LogP contribution in [0.25, 0.3) is 11.3 Å². The summed E-state index contributed by atoms with van der Waals surface area (Å²) >= 11 is 0. The highest BCUT2D eigenvalue weighted by Gasteiger charge is 2.17. The Kier molecular flexibility index (Phi) is 2.74. The van der Waals surface area contributed by atoms with E-state index in [2.05, 4.69) is 15.5 Å². The second-order valence-corrected chi connectivity index (χ2v) is 4.53. The molecule has 2 aromatic rings. The van der Waals surface area contributed by atoms with Crippen molar-refractivity contribution in [3.05, 3.63) is 29.3 Å². The summed E-state index contributed by atoms with van der Waals surface area (Å²) in [6.45, 7) is 4.31. The Bertz CT molecular complexity index is 641. The molecule has 1 aromatic heterocycles. The van der Waals surface area contributed by atoms with Crippen LogP contribution in [-0.4, -0.2) is 24.0 Å². The minimum atomic E-state index is 0.279. The fraction of sp³-hybridized carbons (Fsp3) is 0.286. The zero-order chi connectivity index (χ0) is 13.4. The van der Waals surface area contributed by atoms with Gasteiger partial charge in [-0.05, 0) is 43.2 Å². The van der Waals surface area contributed by atoms with Crippen molar-refractivity contribution in [2.45, 2.75) is 13.8 Å². The van der Waals surface area contributed by atoms with Gasteiger partial charge in [-0.15, -0.1) is 10.2 Å². The summed E-state index contributed by atoms with van der Waals surface area (Å²) in [4.78, 5) is 0. The number of nitrogens with zero attached hydrogens (tertiary/aromatic N) is 2. The van der Waals surface area contributed by atoms with E-state index in [-0.39, 0.29) is 6.79 Å². The molecule has 0 spiro atoms. The first-order valence-corrected chi connectivity index (χ1v) is 6.11. The van der Waals surface area contributed by atoms with E-state index >= 15 is 0 Å². The Hall–Kier alpha value is -2.30. The number of hydrogen-bond donors (Lipinski definition) is 1. The third kappa shape index (κ3) is 1.97. The monoisotopic (exact) mass is 257 g/mol. The number of hydrogen-bond acceptors (Lipinski definition) is 5. The first-order valence-electron chi connectivity index (χ1n) is 6.11. The molecule has 0 saturated heterocycles. The Morgan fingerprint density at radius 1 is 1.00 bits per heavy atom. The van der Waals surface area contributed by atoms with Crippen LogP contribution in [0.15, 0.2) is 18.2 Å². The Balaban J connectivity index is 2.09. The summed E-state index contributed by atoms with van der Waals surface area (Å²) in [5.41, 5.74) is 4.01. The summed E-state index contributed by atoms with van der Waals surface area (Å²) in [5, 5.41) is 11.4. The minimum Gasteiger partial charge on any atom is -0.454 e. The van der Waals surface area contributed by atoms with E-state index in [0.717, 1.165) is 39.7 Å². The molecule has 0 saturated carbocycles. The summed E-state index contributed by atoms with van der Waals surface area (Å²) in [5.74, 6) is 2.35. The predicted molar refractivity (Wildman–Crippen MR) is 72.6 cm³/mol. The van der Waals surface area contributed by atoms with Crippen LogP contribution in [0.2, 0.25) is 0 Å². The molecule has 0 aliphatic carbocycles. The highest BCUT2D eigenvalue weighted by atomic mass is 16.7. The van der Waals surface area contributed by atoms with Crippen LogP contribution in [0.5, 0.6) is 11.5 Å². The summed E-state index contributed by atoms with van der Waals surface area (Å²) in [6.07, 6.45) is 0. The molecule has 0 fully saturated rings. The van der Waals surface area contributed by atoms with E-state index in [1.165, 1.54) is 0 Å². The van der Waals surface area contributed by atoms with Gasteiger partial charge in [-0.25, -0.2) is 0 Å². The molecule has 3 rings (SSSR count). The van der Waals surface area contributed by atoms with Crippen LogP contribution in [0, 0.1) is 13.8 Å². The van der Waals surface area contributed by atoms with E-state index < -0.39 is 0 Å². The van der Waals surface area contributed by atoms with Gasteiger partial charge < -0.3 is 14.8 Å². The molecule has 2 heterocycles. The Morgan fingerprint density at radius 2 is 1.74 bits per heavy atom. The second kappa shape index (κ2) is 4.42. The number of nitrogens with one attached hydrogen (secondary N) is 1. The van der Waals surface area contributed by atoms with Gasteiger partial charge in [-0.3, -0.25) is 0 Å². The molecule has 0 unspecified atom stereocenters. The average Bonchev–Trinajstić information content (AvgIpc) is 2.84. The van der Waals surface area contributed by atoms with Gasteiger partial charge >= 0.3 is 0 Å². The first kappa shape index (κ1) is 11.8. The molecule has 5 nitrogen and oxygen atoms in total. The van der Waals surface area contributed by atoms with Crippen molar-refractivity contribution in [3.8, 4) is 22.8 Å². The number of fused-ring (bicyclic) bond motifs is 1. The predicted octanol–water partition coefficient (Wildman–Crippen LogP) is 2.53. The van der Waals surface area contributed by atoms with Crippen molar-refractivity contribution in [3.63, 3.8) is 0 Å². The van der Waals surface area contributed by atoms with Crippen LogP contribution >= 0.6 is 0 Å². The van der Waals surface area contributed by atoms with Crippen LogP contribution in [0.1, 0.15) is 11.1 Å². The highest BCUT2D eigenvalue weighted by molar-refractivity contribution is 5.69. The lowest BCUT2D eigenvalue weighted by molar-refractivity contribution is 0.174. The van der Waals surface area contributed by atoms with Gasteiger partial charge in [-0.2, -0.15) is 0 Å². The zero-order valence-corrected chi connectivity index (χ0v) is 11.2. The molecular formula is C14H15N3O2. The van der Waals surface area contributed by atoms with Gasteiger partial charge in [0.2, 0.25) is 6.79 Å². The van der Waals surface area contributed by atoms with Crippen molar-refractivity contribution in [2.75, 3.05) is 19.2 Å². The molecule has 5 heteroatoms. The maximum atomic E-state index is 5.41. The third-order valence-electron chi connectivity index (χ3n) is 3.22. The lowest BCUT2D eigenvalue weighted by Gasteiger charge is -2.09. The summed E-state index contributed by atoms with van der Waals surface area (Å²) in [6, 6.07) is 5.95. The molecular weight excluding hydrogens is 242 g/mol. The van der Waals surface area contributed by atoms with Crippen molar-refractivity contribution in [2.24, 2.45) is 0 Å². The van der Waals surface area contributed by atoms with Gasteiger partial charge in [0, 0.05) is 12.6 Å². The van der Waals surface area contributed by atoms with Gasteiger partial charge in [0.15, 0.2) is 17.3 Å². The lowest BCUT2D eigenvalue weighted by atomic mass is 10.0. The molecule has 1 aliphatic heterocycles. The normalized spacial score (nSPS) is 12.6. The van der Waals surface area contributed by atoms with Crippen molar-refractivity contribution in [1.29, 1.82) is 0 Å². The minimum absolute atomic E-state index is 0.279. The first-order chi connectivity index (χ1) is 9.19.